The van der Waals surface area contributed by atoms with Crippen LogP contribution in [0, 0.1) is 0 Å². The first-order chi connectivity index (χ1) is 3.00. The van der Waals surface area contributed by atoms with Gasteiger partial charge >= 0.3 is 21.0 Å². The summed E-state index contributed by atoms with van der Waals surface area (Å²) in [4.78, 5) is 0. The monoisotopic (exact) mass is 129 g/mol. The molecule has 0 N–H and O–H groups in total. The molecular formula is C2H6O3V. The second kappa shape index (κ2) is 1060. The summed E-state index contributed by atoms with van der Waals surface area (Å²) >= 11 is 1.06. The Labute approximate surface area is 46.2 Å². The molecule has 0 aromatic carbocycles. The van der Waals surface area contributed by atoms with Crippen molar-refractivity contribution in [3.63, 3.8) is 0 Å². The average Bonchev–Trinajstić information content (AvgIpc) is 1.81. The van der Waals surface area contributed by atoms with Gasteiger partial charge in [0.2, 0.25) is 0 Å². The van der Waals surface area contributed by atoms with Gasteiger partial charge in [-0.3, -0.25) is 0 Å². The van der Waals surface area contributed by atoms with Crippen molar-refractivity contribution >= 4 is 0 Å². The van der Waals surface area contributed by atoms with Crippen LogP contribution in [0.4, 0.5) is 0 Å². The van der Waals surface area contributed by atoms with E-state index in [0.717, 1.165) is 31.6 Å². The second-order valence-corrected chi connectivity index (χ2v) is 0. The molecule has 0 spiro atoms. The summed E-state index contributed by atoms with van der Waals surface area (Å²) in [6.45, 7) is 0. The molecule has 0 rings (SSSR count). The van der Waals surface area contributed by atoms with Crippen LogP contribution in [-0.4, -0.2) is 14.2 Å². The zero-order chi connectivity index (χ0) is 6.00. The Kier molecular flexibility index (Phi) is 2870. The third kappa shape index (κ3) is 507. The van der Waals surface area contributed by atoms with E-state index in [4.69, 9.17) is 13.9 Å². The fourth-order valence-corrected chi connectivity index (χ4v) is 0. The van der Waals surface area contributed by atoms with Gasteiger partial charge in [-0.05, 0) is 0 Å². The summed E-state index contributed by atoms with van der Waals surface area (Å²) in [6, 6.07) is 0. The SMILES string of the molecule is C[O-].C[O-].[O]=[V+2]. The fraction of sp³-hybridized carbons (Fsp3) is 1.00. The summed E-state index contributed by atoms with van der Waals surface area (Å²) in [5.41, 5.74) is 0. The van der Waals surface area contributed by atoms with Crippen molar-refractivity contribution in [3.8, 4) is 0 Å². The van der Waals surface area contributed by atoms with Crippen molar-refractivity contribution in [2.75, 3.05) is 14.2 Å². The first kappa shape index (κ1) is 16.2. The zero-order valence-corrected chi connectivity index (χ0v) is 5.07. The number of rotatable bonds is 0. The van der Waals surface area contributed by atoms with Crippen molar-refractivity contribution < 1.29 is 31.3 Å². The minimum atomic E-state index is 0.750. The van der Waals surface area contributed by atoms with Crippen LogP contribution in [0.1, 0.15) is 0 Å². The Bertz CT molecular complexity index is 8.75. The molecule has 0 radical (unpaired) electrons. The van der Waals surface area contributed by atoms with Crippen molar-refractivity contribution in [3.05, 3.63) is 0 Å². The summed E-state index contributed by atoms with van der Waals surface area (Å²) in [5.74, 6) is 0. The van der Waals surface area contributed by atoms with E-state index in [0.29, 0.717) is 0 Å². The summed E-state index contributed by atoms with van der Waals surface area (Å²) in [7, 11) is 1.50. The predicted octanol–water partition coefficient (Wildman–Crippen LogP) is -2.17. The van der Waals surface area contributed by atoms with Crippen molar-refractivity contribution in [1.82, 2.24) is 0 Å². The summed E-state index contributed by atoms with van der Waals surface area (Å²) < 4.78 is 8.19. The van der Waals surface area contributed by atoms with Crippen LogP contribution in [-0.2, 0) is 21.0 Å². The van der Waals surface area contributed by atoms with Crippen LogP contribution in [0.15, 0.2) is 0 Å². The second-order valence-electron chi connectivity index (χ2n) is 0. The van der Waals surface area contributed by atoms with Crippen LogP contribution >= 0.6 is 0 Å². The van der Waals surface area contributed by atoms with Crippen LogP contribution in [0.5, 0.6) is 0 Å². The number of hydrogen-bond donors (Lipinski definition) is 0. The minimum absolute atomic E-state index is 0.750. The van der Waals surface area contributed by atoms with Gasteiger partial charge in [-0.15, -0.1) is 0 Å². The molecule has 0 aromatic rings. The van der Waals surface area contributed by atoms with Crippen LogP contribution in [0.25, 0.3) is 0 Å². The maximum absolute atomic E-state index is 8.25. The zero-order valence-electron chi connectivity index (χ0n) is 3.67. The van der Waals surface area contributed by atoms with E-state index in [2.05, 4.69) is 0 Å². The Morgan fingerprint density at radius 3 is 1.00 bits per heavy atom. The maximum atomic E-state index is 8.25. The molecule has 0 bridgehead atoms. The molecule has 4 heteroatoms. The van der Waals surface area contributed by atoms with E-state index in [-0.39, 0.29) is 0 Å². The molecule has 3 nitrogen and oxygen atoms in total. The predicted molar refractivity (Wildman–Crippen MR) is 12.5 cm³/mol. The standard InChI is InChI=1S/2CH3O.O.V/c2*1-2;;/h2*1H3;;/q2*-1;;+2. The quantitative estimate of drug-likeness (QED) is 0.374. The van der Waals surface area contributed by atoms with Crippen molar-refractivity contribution in [2.24, 2.45) is 0 Å². The third-order valence-corrected chi connectivity index (χ3v) is 0. The molecule has 0 fully saturated rings. The molecule has 0 aliphatic rings. The Morgan fingerprint density at radius 1 is 1.00 bits per heavy atom. The molecule has 0 aliphatic heterocycles. The molecule has 0 aromatic heterocycles. The van der Waals surface area contributed by atoms with Gasteiger partial charge in [-0.2, -0.15) is 14.2 Å². The van der Waals surface area contributed by atoms with E-state index in [9.17, 15) is 0 Å². The molecule has 6 heavy (non-hydrogen) atoms. The van der Waals surface area contributed by atoms with E-state index in [1.807, 2.05) is 0 Å². The van der Waals surface area contributed by atoms with Crippen LogP contribution < -0.4 is 10.2 Å². The summed E-state index contributed by atoms with van der Waals surface area (Å²) in [6.07, 6.45) is 0. The van der Waals surface area contributed by atoms with Gasteiger partial charge in [0.25, 0.3) is 0 Å². The van der Waals surface area contributed by atoms with Gasteiger partial charge in [0.05, 0.1) is 0 Å². The molecule has 0 saturated carbocycles. The van der Waals surface area contributed by atoms with Crippen LogP contribution in [0.2, 0.25) is 0 Å². The van der Waals surface area contributed by atoms with E-state index >= 15 is 0 Å². The van der Waals surface area contributed by atoms with Gasteiger partial charge in [-0.1, -0.05) is 0 Å². The van der Waals surface area contributed by atoms with Gasteiger partial charge in [0.15, 0.2) is 0 Å². The van der Waals surface area contributed by atoms with E-state index in [1.165, 1.54) is 0 Å². The van der Waals surface area contributed by atoms with Crippen molar-refractivity contribution in [2.45, 2.75) is 0 Å². The first-order valence-electron chi connectivity index (χ1n) is 0.999. The Hall–Kier alpha value is 0.304. The van der Waals surface area contributed by atoms with Crippen molar-refractivity contribution in [1.29, 1.82) is 0 Å². The van der Waals surface area contributed by atoms with Gasteiger partial charge in [0, 0.05) is 0 Å². The molecule has 0 saturated heterocycles. The Morgan fingerprint density at radius 2 is 1.00 bits per heavy atom. The Balaban J connectivity index is -0.0000000225. The number of hydrogen-bond acceptors (Lipinski definition) is 3. The topological polar surface area (TPSA) is 63.2 Å². The van der Waals surface area contributed by atoms with Gasteiger partial charge in [0.1, 0.15) is 0 Å². The van der Waals surface area contributed by atoms with E-state index in [1.54, 1.807) is 0 Å². The van der Waals surface area contributed by atoms with Gasteiger partial charge in [-0.25, -0.2) is 0 Å². The molecule has 37 valence electrons. The molecule has 0 amide bonds. The van der Waals surface area contributed by atoms with E-state index < -0.39 is 0 Å². The normalized spacial score (nSPS) is 3.00. The molecule has 0 heterocycles. The summed E-state index contributed by atoms with van der Waals surface area (Å²) in [5, 5.41) is 16.5. The average molecular weight is 129 g/mol. The van der Waals surface area contributed by atoms with Gasteiger partial charge < -0.3 is 10.2 Å². The fourth-order valence-electron chi connectivity index (χ4n) is 0. The first-order valence-corrected chi connectivity index (χ1v) is 1.57. The molecule has 0 aliphatic carbocycles. The molecular weight excluding hydrogens is 123 g/mol. The molecule has 0 unspecified atom stereocenters. The third-order valence-electron chi connectivity index (χ3n) is 0. The van der Waals surface area contributed by atoms with Crippen LogP contribution in [0.3, 0.4) is 0 Å². The molecule has 0 atom stereocenters.